The highest BCUT2D eigenvalue weighted by Gasteiger charge is 2.25. The van der Waals surface area contributed by atoms with Gasteiger partial charge in [0.05, 0.1) is 12.7 Å². The molecule has 0 saturated carbocycles. The van der Waals surface area contributed by atoms with E-state index in [0.717, 1.165) is 13.0 Å². The predicted octanol–water partition coefficient (Wildman–Crippen LogP) is 1.22. The van der Waals surface area contributed by atoms with Crippen molar-refractivity contribution in [3.63, 3.8) is 0 Å². The Morgan fingerprint density at radius 1 is 1.61 bits per heavy atom. The molecule has 1 fully saturated rings. The zero-order valence-electron chi connectivity index (χ0n) is 10.7. The van der Waals surface area contributed by atoms with E-state index in [1.165, 1.54) is 11.3 Å². The molecule has 6 nitrogen and oxygen atoms in total. The largest absolute Gasteiger partial charge is 0.375 e. The van der Waals surface area contributed by atoms with E-state index in [1.807, 2.05) is 6.92 Å². The molecule has 2 heterocycles. The Labute approximate surface area is 110 Å². The van der Waals surface area contributed by atoms with Gasteiger partial charge >= 0.3 is 0 Å². The minimum absolute atomic E-state index is 0.0489. The molecule has 1 aliphatic heterocycles. The van der Waals surface area contributed by atoms with Gasteiger partial charge in [0.2, 0.25) is 10.1 Å². The van der Waals surface area contributed by atoms with E-state index in [-0.39, 0.29) is 12.0 Å². The van der Waals surface area contributed by atoms with Crippen LogP contribution < -0.4 is 5.32 Å². The standard InChI is InChI=1S/C11H18N4O2S/c1-3-4-12-11-14-13-9(18-11)10(16)15-5-6-17-8(2)7-15/h8H,3-7H2,1-2H3,(H,12,14). The third kappa shape index (κ3) is 3.17. The van der Waals surface area contributed by atoms with Crippen LogP contribution in [-0.2, 0) is 4.74 Å². The van der Waals surface area contributed by atoms with E-state index in [4.69, 9.17) is 4.74 Å². The van der Waals surface area contributed by atoms with Crippen LogP contribution in [0.25, 0.3) is 0 Å². The molecule has 1 atom stereocenters. The fourth-order valence-corrected chi connectivity index (χ4v) is 2.49. The summed E-state index contributed by atoms with van der Waals surface area (Å²) >= 11 is 1.31. The van der Waals surface area contributed by atoms with E-state index in [1.54, 1.807) is 4.90 Å². The van der Waals surface area contributed by atoms with E-state index in [9.17, 15) is 4.79 Å². The molecule has 0 radical (unpaired) electrons. The minimum atomic E-state index is -0.0489. The molecule has 1 aromatic heterocycles. The third-order valence-electron chi connectivity index (χ3n) is 2.66. The van der Waals surface area contributed by atoms with Crippen molar-refractivity contribution >= 4 is 22.4 Å². The van der Waals surface area contributed by atoms with Crippen molar-refractivity contribution in [2.45, 2.75) is 26.4 Å². The maximum absolute atomic E-state index is 12.2. The Bertz CT molecular complexity index is 410. The summed E-state index contributed by atoms with van der Waals surface area (Å²) in [5.41, 5.74) is 0. The van der Waals surface area contributed by atoms with E-state index in [2.05, 4.69) is 22.4 Å². The summed E-state index contributed by atoms with van der Waals surface area (Å²) in [4.78, 5) is 14.0. The van der Waals surface area contributed by atoms with Gasteiger partial charge in [-0.05, 0) is 13.3 Å². The lowest BCUT2D eigenvalue weighted by Gasteiger charge is -2.30. The smallest absolute Gasteiger partial charge is 0.285 e. The average molecular weight is 270 g/mol. The Kier molecular flexibility index (Phi) is 4.48. The number of hydrogen-bond donors (Lipinski definition) is 1. The van der Waals surface area contributed by atoms with Crippen LogP contribution >= 0.6 is 11.3 Å². The first-order chi connectivity index (χ1) is 8.70. The second-order valence-electron chi connectivity index (χ2n) is 4.27. The van der Waals surface area contributed by atoms with Gasteiger partial charge in [-0.15, -0.1) is 10.2 Å². The molecule has 0 aromatic carbocycles. The topological polar surface area (TPSA) is 67.4 Å². The van der Waals surface area contributed by atoms with E-state index < -0.39 is 0 Å². The second kappa shape index (κ2) is 6.10. The lowest BCUT2D eigenvalue weighted by atomic mass is 10.3. The summed E-state index contributed by atoms with van der Waals surface area (Å²) in [5, 5.41) is 12.2. The minimum Gasteiger partial charge on any atom is -0.375 e. The molecule has 18 heavy (non-hydrogen) atoms. The monoisotopic (exact) mass is 270 g/mol. The van der Waals surface area contributed by atoms with Gasteiger partial charge in [-0.3, -0.25) is 4.79 Å². The molecule has 1 unspecified atom stereocenters. The molecule has 2 rings (SSSR count). The number of aromatic nitrogens is 2. The fourth-order valence-electron chi connectivity index (χ4n) is 1.75. The molecule has 1 aliphatic rings. The van der Waals surface area contributed by atoms with Gasteiger partial charge in [0.25, 0.3) is 5.91 Å². The Morgan fingerprint density at radius 3 is 3.17 bits per heavy atom. The first-order valence-corrected chi connectivity index (χ1v) is 7.00. The van der Waals surface area contributed by atoms with Crippen LogP contribution in [0.2, 0.25) is 0 Å². The number of ether oxygens (including phenoxy) is 1. The van der Waals surface area contributed by atoms with E-state index >= 15 is 0 Å². The van der Waals surface area contributed by atoms with Crippen molar-refractivity contribution in [3.8, 4) is 0 Å². The Balaban J connectivity index is 1.97. The maximum Gasteiger partial charge on any atom is 0.285 e. The first kappa shape index (κ1) is 13.2. The summed E-state index contributed by atoms with van der Waals surface area (Å²) in [6, 6.07) is 0. The number of anilines is 1. The number of hydrogen-bond acceptors (Lipinski definition) is 6. The third-order valence-corrected chi connectivity index (χ3v) is 3.53. The molecule has 1 N–H and O–H groups in total. The van der Waals surface area contributed by atoms with Crippen molar-refractivity contribution in [1.82, 2.24) is 15.1 Å². The molecule has 0 aliphatic carbocycles. The Morgan fingerprint density at radius 2 is 2.44 bits per heavy atom. The van der Waals surface area contributed by atoms with Gasteiger partial charge in [0.15, 0.2) is 0 Å². The lowest BCUT2D eigenvalue weighted by Crippen LogP contribution is -2.44. The summed E-state index contributed by atoms with van der Waals surface area (Å²) in [6.45, 7) is 6.73. The number of nitrogens with one attached hydrogen (secondary N) is 1. The van der Waals surface area contributed by atoms with Gasteiger partial charge in [-0.1, -0.05) is 18.3 Å². The van der Waals surface area contributed by atoms with Crippen LogP contribution in [-0.4, -0.2) is 53.3 Å². The van der Waals surface area contributed by atoms with Crippen molar-refractivity contribution in [2.75, 3.05) is 31.6 Å². The Hall–Kier alpha value is -1.21. The summed E-state index contributed by atoms with van der Waals surface area (Å²) in [7, 11) is 0. The van der Waals surface area contributed by atoms with Crippen LogP contribution in [0.5, 0.6) is 0 Å². The zero-order valence-corrected chi connectivity index (χ0v) is 11.5. The molecule has 100 valence electrons. The van der Waals surface area contributed by atoms with Gasteiger partial charge in [0.1, 0.15) is 0 Å². The summed E-state index contributed by atoms with van der Waals surface area (Å²) in [5.74, 6) is -0.0489. The number of carbonyl (C=O) groups excluding carboxylic acids is 1. The van der Waals surface area contributed by atoms with Gasteiger partial charge in [0, 0.05) is 19.6 Å². The van der Waals surface area contributed by atoms with Crippen LogP contribution in [0.1, 0.15) is 30.1 Å². The highest BCUT2D eigenvalue weighted by atomic mass is 32.1. The van der Waals surface area contributed by atoms with Crippen LogP contribution in [0.4, 0.5) is 5.13 Å². The number of carbonyl (C=O) groups is 1. The van der Waals surface area contributed by atoms with Crippen molar-refractivity contribution in [1.29, 1.82) is 0 Å². The summed E-state index contributed by atoms with van der Waals surface area (Å²) in [6.07, 6.45) is 1.11. The number of amides is 1. The normalized spacial score (nSPS) is 19.9. The quantitative estimate of drug-likeness (QED) is 0.891. The lowest BCUT2D eigenvalue weighted by molar-refractivity contribution is -0.0124. The maximum atomic E-state index is 12.2. The molecule has 1 aromatic rings. The summed E-state index contributed by atoms with van der Waals surface area (Å²) < 4.78 is 5.41. The first-order valence-electron chi connectivity index (χ1n) is 6.19. The zero-order chi connectivity index (χ0) is 13.0. The van der Waals surface area contributed by atoms with Crippen LogP contribution in [0, 0.1) is 0 Å². The molecular formula is C11H18N4O2S. The number of rotatable bonds is 4. The highest BCUT2D eigenvalue weighted by molar-refractivity contribution is 7.17. The van der Waals surface area contributed by atoms with Crippen LogP contribution in [0.3, 0.4) is 0 Å². The molecule has 7 heteroatoms. The van der Waals surface area contributed by atoms with Gasteiger partial charge in [-0.2, -0.15) is 0 Å². The van der Waals surface area contributed by atoms with Crippen molar-refractivity contribution < 1.29 is 9.53 Å². The van der Waals surface area contributed by atoms with Crippen molar-refractivity contribution in [2.24, 2.45) is 0 Å². The highest BCUT2D eigenvalue weighted by Crippen LogP contribution is 2.18. The SMILES string of the molecule is CCCNc1nnc(C(=O)N2CCOC(C)C2)s1. The van der Waals surface area contributed by atoms with Crippen molar-refractivity contribution in [3.05, 3.63) is 5.01 Å². The number of nitrogens with zero attached hydrogens (tertiary/aromatic N) is 3. The molecule has 1 amide bonds. The number of morpholine rings is 1. The average Bonchev–Trinajstić information content (AvgIpc) is 2.84. The molecule has 0 bridgehead atoms. The predicted molar refractivity (Wildman–Crippen MR) is 70.0 cm³/mol. The second-order valence-corrected chi connectivity index (χ2v) is 5.25. The van der Waals surface area contributed by atoms with Gasteiger partial charge in [-0.25, -0.2) is 0 Å². The molecular weight excluding hydrogens is 252 g/mol. The molecule has 0 spiro atoms. The van der Waals surface area contributed by atoms with Crippen LogP contribution in [0.15, 0.2) is 0 Å². The molecule has 1 saturated heterocycles. The fraction of sp³-hybridized carbons (Fsp3) is 0.727. The van der Waals surface area contributed by atoms with Gasteiger partial charge < -0.3 is 15.0 Å². The van der Waals surface area contributed by atoms with E-state index in [0.29, 0.717) is 29.8 Å².